The topological polar surface area (TPSA) is 44.4 Å². The molecule has 0 bridgehead atoms. The van der Waals surface area contributed by atoms with E-state index in [1.807, 2.05) is 42.9 Å². The lowest BCUT2D eigenvalue weighted by atomic mass is 10.2. The first-order chi connectivity index (χ1) is 9.56. The minimum Gasteiger partial charge on any atom is -0.376 e. The summed E-state index contributed by atoms with van der Waals surface area (Å²) in [6.07, 6.45) is 0.492. The number of hydrogen-bond acceptors (Lipinski definition) is 4. The average molecular weight is 387 g/mol. The summed E-state index contributed by atoms with van der Waals surface area (Å²) in [5.74, 6) is 2.14. The molecule has 1 aromatic carbocycles. The van der Waals surface area contributed by atoms with Gasteiger partial charge in [-0.3, -0.25) is 4.79 Å². The molecule has 1 fully saturated rings. The van der Waals surface area contributed by atoms with Gasteiger partial charge in [-0.2, -0.15) is 11.8 Å². The van der Waals surface area contributed by atoms with E-state index >= 15 is 0 Å². The van der Waals surface area contributed by atoms with E-state index in [-0.39, 0.29) is 36.8 Å². The van der Waals surface area contributed by atoms with Crippen LogP contribution in [0.5, 0.6) is 0 Å². The molecule has 8 heteroatoms. The number of carbonyl (C=O) groups excluding carboxylic acids is 1. The summed E-state index contributed by atoms with van der Waals surface area (Å²) in [7, 11) is 3.89. The van der Waals surface area contributed by atoms with Gasteiger partial charge in [0.1, 0.15) is 0 Å². The number of hydrogen-bond donors (Lipinski definition) is 2. The normalized spacial score (nSPS) is 17.0. The van der Waals surface area contributed by atoms with Crippen LogP contribution in [0.1, 0.15) is 6.42 Å². The fourth-order valence-corrected chi connectivity index (χ4v) is 3.30. The lowest BCUT2D eigenvalue weighted by Crippen LogP contribution is -2.40. The van der Waals surface area contributed by atoms with Crippen LogP contribution >= 0.6 is 48.2 Å². The van der Waals surface area contributed by atoms with Gasteiger partial charge in [0.25, 0.3) is 0 Å². The van der Waals surface area contributed by atoms with E-state index in [4.69, 9.17) is 11.6 Å². The van der Waals surface area contributed by atoms with Gasteiger partial charge in [0.15, 0.2) is 0 Å². The molecule has 0 spiro atoms. The molecule has 1 aliphatic rings. The average Bonchev–Trinajstić information content (AvgIpc) is 2.39. The molecule has 1 aliphatic heterocycles. The Hall–Kier alpha value is -0.330. The predicted octanol–water partition coefficient (Wildman–Crippen LogP) is 3.28. The first kappa shape index (κ1) is 21.7. The Bertz CT molecular complexity index is 482. The monoisotopic (exact) mass is 385 g/mol. The van der Waals surface area contributed by atoms with E-state index in [1.54, 1.807) is 6.07 Å². The number of halogens is 3. The van der Waals surface area contributed by atoms with Gasteiger partial charge in [-0.25, -0.2) is 0 Å². The van der Waals surface area contributed by atoms with Gasteiger partial charge in [0.05, 0.1) is 11.4 Å². The lowest BCUT2D eigenvalue weighted by Gasteiger charge is -2.23. The predicted molar refractivity (Wildman–Crippen MR) is 103 cm³/mol. The Labute approximate surface area is 153 Å². The van der Waals surface area contributed by atoms with Crippen LogP contribution in [-0.4, -0.2) is 44.1 Å². The van der Waals surface area contributed by atoms with Crippen LogP contribution in [0.2, 0.25) is 5.02 Å². The number of nitrogens with zero attached hydrogens (tertiary/aromatic N) is 1. The van der Waals surface area contributed by atoms with Crippen LogP contribution in [-0.2, 0) is 4.79 Å². The third-order valence-electron chi connectivity index (χ3n) is 3.14. The summed E-state index contributed by atoms with van der Waals surface area (Å²) in [5, 5.41) is 6.95. The van der Waals surface area contributed by atoms with Gasteiger partial charge in [0.2, 0.25) is 5.91 Å². The Morgan fingerprint density at radius 3 is 2.77 bits per heavy atom. The lowest BCUT2D eigenvalue weighted by molar-refractivity contribution is -0.116. The van der Waals surface area contributed by atoms with Crippen molar-refractivity contribution in [3.8, 4) is 0 Å². The summed E-state index contributed by atoms with van der Waals surface area (Å²) >= 11 is 7.90. The zero-order valence-electron chi connectivity index (χ0n) is 12.6. The number of benzene rings is 1. The van der Waals surface area contributed by atoms with Gasteiger partial charge in [-0.05, 0) is 18.2 Å². The van der Waals surface area contributed by atoms with Gasteiger partial charge in [-0.1, -0.05) is 11.6 Å². The van der Waals surface area contributed by atoms with Gasteiger partial charge < -0.3 is 15.5 Å². The standard InChI is InChI=1S/C14H20ClN3OS.2ClH/c1-18(2)13-4-3-10(15)7-12(13)17-14(19)8-11-9-20-6-5-16-11;;/h3-4,7,11,16H,5-6,8-9H2,1-2H3,(H,17,19);2*1H. The van der Waals surface area contributed by atoms with Crippen molar-refractivity contribution in [2.75, 3.05) is 42.4 Å². The molecule has 1 amide bonds. The minimum absolute atomic E-state index is 0. The molecule has 1 aromatic rings. The summed E-state index contributed by atoms with van der Waals surface area (Å²) in [6.45, 7) is 0.975. The van der Waals surface area contributed by atoms with E-state index in [0.717, 1.165) is 29.4 Å². The fraction of sp³-hybridized carbons (Fsp3) is 0.500. The van der Waals surface area contributed by atoms with Crippen LogP contribution < -0.4 is 15.5 Å². The molecular formula is C14H22Cl3N3OS. The maximum absolute atomic E-state index is 12.1. The van der Waals surface area contributed by atoms with Crippen LogP contribution in [0.15, 0.2) is 18.2 Å². The maximum atomic E-state index is 12.1. The molecule has 22 heavy (non-hydrogen) atoms. The highest BCUT2D eigenvalue weighted by Crippen LogP contribution is 2.28. The van der Waals surface area contributed by atoms with Crippen LogP contribution in [0.4, 0.5) is 11.4 Å². The third-order valence-corrected chi connectivity index (χ3v) is 4.51. The van der Waals surface area contributed by atoms with Crippen molar-refractivity contribution in [2.24, 2.45) is 0 Å². The highest BCUT2D eigenvalue weighted by molar-refractivity contribution is 7.99. The zero-order valence-corrected chi connectivity index (χ0v) is 15.8. The molecule has 1 unspecified atom stereocenters. The van der Waals surface area contributed by atoms with Gasteiger partial charge >= 0.3 is 0 Å². The largest absolute Gasteiger partial charge is 0.376 e. The Balaban J connectivity index is 0.00000220. The van der Waals surface area contributed by atoms with E-state index in [0.29, 0.717) is 11.4 Å². The Morgan fingerprint density at radius 2 is 2.18 bits per heavy atom. The van der Waals surface area contributed by atoms with Gasteiger partial charge in [0, 0.05) is 49.6 Å². The molecule has 2 N–H and O–H groups in total. The number of rotatable bonds is 4. The summed E-state index contributed by atoms with van der Waals surface area (Å²) in [4.78, 5) is 14.1. The molecule has 1 heterocycles. The number of amides is 1. The van der Waals surface area contributed by atoms with Crippen molar-refractivity contribution < 1.29 is 4.79 Å². The quantitative estimate of drug-likeness (QED) is 0.833. The smallest absolute Gasteiger partial charge is 0.226 e. The van der Waals surface area contributed by atoms with Crippen LogP contribution in [0.25, 0.3) is 0 Å². The first-order valence-electron chi connectivity index (χ1n) is 6.64. The van der Waals surface area contributed by atoms with Gasteiger partial charge in [-0.15, -0.1) is 24.8 Å². The molecular weight excluding hydrogens is 365 g/mol. The first-order valence-corrected chi connectivity index (χ1v) is 8.17. The molecule has 126 valence electrons. The second-order valence-corrected chi connectivity index (χ2v) is 6.62. The van der Waals surface area contributed by atoms with Crippen LogP contribution in [0.3, 0.4) is 0 Å². The number of thioether (sulfide) groups is 1. The van der Waals surface area contributed by atoms with Crippen molar-refractivity contribution in [1.29, 1.82) is 0 Å². The van der Waals surface area contributed by atoms with E-state index in [1.165, 1.54) is 0 Å². The van der Waals surface area contributed by atoms with Crippen molar-refractivity contribution in [2.45, 2.75) is 12.5 Å². The zero-order chi connectivity index (χ0) is 14.5. The number of carbonyl (C=O) groups is 1. The highest BCUT2D eigenvalue weighted by atomic mass is 35.5. The van der Waals surface area contributed by atoms with Crippen molar-refractivity contribution >= 4 is 65.5 Å². The summed E-state index contributed by atoms with van der Waals surface area (Å²) in [6, 6.07) is 5.78. The van der Waals surface area contributed by atoms with E-state index < -0.39 is 0 Å². The third kappa shape index (κ3) is 6.42. The summed E-state index contributed by atoms with van der Waals surface area (Å²) in [5.41, 5.74) is 1.71. The molecule has 4 nitrogen and oxygen atoms in total. The summed E-state index contributed by atoms with van der Waals surface area (Å²) < 4.78 is 0. The molecule has 1 atom stereocenters. The number of nitrogens with one attached hydrogen (secondary N) is 2. The Kier molecular flexibility index (Phi) is 10.3. The second kappa shape index (κ2) is 10.4. The molecule has 0 aliphatic carbocycles. The molecule has 0 radical (unpaired) electrons. The maximum Gasteiger partial charge on any atom is 0.226 e. The minimum atomic E-state index is 0. The SMILES string of the molecule is CN(C)c1ccc(Cl)cc1NC(=O)CC1CSCCN1.Cl.Cl. The molecule has 0 saturated carbocycles. The Morgan fingerprint density at radius 1 is 1.45 bits per heavy atom. The van der Waals surface area contributed by atoms with E-state index in [2.05, 4.69) is 10.6 Å². The second-order valence-electron chi connectivity index (χ2n) is 5.03. The van der Waals surface area contributed by atoms with Crippen molar-refractivity contribution in [3.05, 3.63) is 23.2 Å². The van der Waals surface area contributed by atoms with Crippen LogP contribution in [0, 0.1) is 0 Å². The molecule has 1 saturated heterocycles. The van der Waals surface area contributed by atoms with Crippen molar-refractivity contribution in [3.63, 3.8) is 0 Å². The fourth-order valence-electron chi connectivity index (χ4n) is 2.17. The van der Waals surface area contributed by atoms with E-state index in [9.17, 15) is 4.79 Å². The highest BCUT2D eigenvalue weighted by Gasteiger charge is 2.17. The van der Waals surface area contributed by atoms with Crippen molar-refractivity contribution in [1.82, 2.24) is 5.32 Å². The molecule has 2 rings (SSSR count). The molecule has 0 aromatic heterocycles. The number of anilines is 2.